The SMILES string of the molecule is CO[P+](=O)OCc1ccc(Br)cc1. The zero-order valence-corrected chi connectivity index (χ0v) is 9.55. The molecule has 0 heterocycles. The Morgan fingerprint density at radius 3 is 2.54 bits per heavy atom. The van der Waals surface area contributed by atoms with Crippen LogP contribution in [-0.4, -0.2) is 7.11 Å². The maximum absolute atomic E-state index is 10.7. The van der Waals surface area contributed by atoms with Crippen molar-refractivity contribution < 1.29 is 13.6 Å². The van der Waals surface area contributed by atoms with Crippen molar-refractivity contribution in [3.05, 3.63) is 34.3 Å². The number of hydrogen-bond acceptors (Lipinski definition) is 3. The first-order chi connectivity index (χ1) is 6.22. The Morgan fingerprint density at radius 1 is 1.38 bits per heavy atom. The van der Waals surface area contributed by atoms with Gasteiger partial charge in [0.1, 0.15) is 6.61 Å². The monoisotopic (exact) mass is 263 g/mol. The average molecular weight is 264 g/mol. The fourth-order valence-corrected chi connectivity index (χ4v) is 1.38. The largest absolute Gasteiger partial charge is 0.697 e. The third kappa shape index (κ3) is 3.96. The van der Waals surface area contributed by atoms with E-state index in [9.17, 15) is 4.57 Å². The second kappa shape index (κ2) is 5.45. The minimum Gasteiger partial charge on any atom is -0.122 e. The summed E-state index contributed by atoms with van der Waals surface area (Å²) in [5.41, 5.74) is 0.962. The van der Waals surface area contributed by atoms with Crippen molar-refractivity contribution in [1.82, 2.24) is 0 Å². The van der Waals surface area contributed by atoms with Gasteiger partial charge in [-0.2, -0.15) is 0 Å². The van der Waals surface area contributed by atoms with Crippen molar-refractivity contribution in [1.29, 1.82) is 0 Å². The molecule has 13 heavy (non-hydrogen) atoms. The Hall–Kier alpha value is -0.280. The van der Waals surface area contributed by atoms with Crippen molar-refractivity contribution in [2.24, 2.45) is 0 Å². The normalized spacial score (nSPS) is 11.4. The molecule has 0 bridgehead atoms. The lowest BCUT2D eigenvalue weighted by Gasteiger charge is -1.94. The summed E-state index contributed by atoms with van der Waals surface area (Å²) < 4.78 is 21.1. The molecule has 0 saturated heterocycles. The third-order valence-electron chi connectivity index (χ3n) is 1.40. The lowest BCUT2D eigenvalue weighted by molar-refractivity contribution is 0.248. The van der Waals surface area contributed by atoms with Crippen LogP contribution in [0.3, 0.4) is 0 Å². The van der Waals surface area contributed by atoms with E-state index in [2.05, 4.69) is 20.5 Å². The highest BCUT2D eigenvalue weighted by atomic mass is 79.9. The Bertz CT molecular complexity index is 286. The molecule has 0 radical (unpaired) electrons. The van der Waals surface area contributed by atoms with Crippen molar-refractivity contribution in [3.8, 4) is 0 Å². The van der Waals surface area contributed by atoms with Gasteiger partial charge in [0.25, 0.3) is 0 Å². The van der Waals surface area contributed by atoms with Gasteiger partial charge in [-0.3, -0.25) is 0 Å². The van der Waals surface area contributed by atoms with Crippen LogP contribution in [0.1, 0.15) is 5.56 Å². The summed E-state index contributed by atoms with van der Waals surface area (Å²) in [5.74, 6) is 0. The first-order valence-electron chi connectivity index (χ1n) is 3.61. The van der Waals surface area contributed by atoms with Gasteiger partial charge in [0, 0.05) is 9.04 Å². The minimum atomic E-state index is -1.97. The molecular weight excluding hydrogens is 255 g/mol. The second-order valence-electron chi connectivity index (χ2n) is 2.31. The van der Waals surface area contributed by atoms with E-state index < -0.39 is 8.25 Å². The van der Waals surface area contributed by atoms with Crippen LogP contribution in [0.2, 0.25) is 0 Å². The molecule has 0 N–H and O–H groups in total. The van der Waals surface area contributed by atoms with Crippen LogP contribution < -0.4 is 0 Å². The van der Waals surface area contributed by atoms with E-state index in [-0.39, 0.29) is 0 Å². The van der Waals surface area contributed by atoms with E-state index in [4.69, 9.17) is 4.52 Å². The van der Waals surface area contributed by atoms with Crippen LogP contribution >= 0.6 is 24.2 Å². The lowest BCUT2D eigenvalue weighted by Crippen LogP contribution is -1.85. The number of hydrogen-bond donors (Lipinski definition) is 0. The number of halogens is 1. The molecule has 3 nitrogen and oxygen atoms in total. The van der Waals surface area contributed by atoms with Crippen molar-refractivity contribution >= 4 is 24.2 Å². The summed E-state index contributed by atoms with van der Waals surface area (Å²) in [7, 11) is -0.624. The van der Waals surface area contributed by atoms with Gasteiger partial charge in [0.15, 0.2) is 0 Å². The summed E-state index contributed by atoms with van der Waals surface area (Å²) >= 11 is 3.32. The molecule has 0 aromatic heterocycles. The average Bonchev–Trinajstić information content (AvgIpc) is 2.16. The molecule has 0 saturated carbocycles. The lowest BCUT2D eigenvalue weighted by atomic mass is 10.2. The van der Waals surface area contributed by atoms with Crippen molar-refractivity contribution in [3.63, 3.8) is 0 Å². The van der Waals surface area contributed by atoms with Gasteiger partial charge in [-0.25, -0.2) is 0 Å². The van der Waals surface area contributed by atoms with E-state index in [1.54, 1.807) is 0 Å². The van der Waals surface area contributed by atoms with E-state index in [0.29, 0.717) is 6.61 Å². The molecule has 1 atom stereocenters. The standard InChI is InChI=1S/C8H9BrO3P/c1-11-13(10)12-6-7-2-4-8(9)5-3-7/h2-5H,6H2,1H3/q+1. The molecule has 0 aliphatic heterocycles. The molecule has 70 valence electrons. The van der Waals surface area contributed by atoms with E-state index in [0.717, 1.165) is 10.0 Å². The van der Waals surface area contributed by atoms with Gasteiger partial charge >= 0.3 is 8.25 Å². The highest BCUT2D eigenvalue weighted by molar-refractivity contribution is 9.10. The summed E-state index contributed by atoms with van der Waals surface area (Å²) in [6.07, 6.45) is 0. The van der Waals surface area contributed by atoms with Crippen LogP contribution in [0.5, 0.6) is 0 Å². The molecule has 0 fully saturated rings. The van der Waals surface area contributed by atoms with Gasteiger partial charge < -0.3 is 0 Å². The topological polar surface area (TPSA) is 35.5 Å². The summed E-state index contributed by atoms with van der Waals surface area (Å²) in [6.45, 7) is 0.302. The molecule has 0 amide bonds. The fourth-order valence-electron chi connectivity index (χ4n) is 0.761. The van der Waals surface area contributed by atoms with E-state index >= 15 is 0 Å². The van der Waals surface area contributed by atoms with Crippen LogP contribution in [-0.2, 0) is 20.2 Å². The van der Waals surface area contributed by atoms with E-state index in [1.807, 2.05) is 24.3 Å². The first-order valence-corrected chi connectivity index (χ1v) is 5.50. The predicted molar refractivity (Wildman–Crippen MR) is 53.5 cm³/mol. The van der Waals surface area contributed by atoms with Gasteiger partial charge in [-0.05, 0) is 17.7 Å². The van der Waals surface area contributed by atoms with Crippen molar-refractivity contribution in [2.75, 3.05) is 7.11 Å². The number of rotatable bonds is 4. The van der Waals surface area contributed by atoms with E-state index in [1.165, 1.54) is 7.11 Å². The van der Waals surface area contributed by atoms with Crippen molar-refractivity contribution in [2.45, 2.75) is 6.61 Å². The van der Waals surface area contributed by atoms with Crippen LogP contribution in [0, 0.1) is 0 Å². The first kappa shape index (κ1) is 10.8. The fraction of sp³-hybridized carbons (Fsp3) is 0.250. The molecule has 0 spiro atoms. The van der Waals surface area contributed by atoms with Gasteiger partial charge in [-0.1, -0.05) is 28.1 Å². The van der Waals surface area contributed by atoms with Gasteiger partial charge in [0.05, 0.1) is 7.11 Å². The predicted octanol–water partition coefficient (Wildman–Crippen LogP) is 3.27. The Kier molecular flexibility index (Phi) is 4.53. The molecule has 1 aromatic rings. The second-order valence-corrected chi connectivity index (χ2v) is 4.29. The quantitative estimate of drug-likeness (QED) is 0.783. The molecular formula is C8H9BrO3P+. The third-order valence-corrected chi connectivity index (χ3v) is 2.57. The summed E-state index contributed by atoms with van der Waals surface area (Å²) in [4.78, 5) is 0. The maximum Gasteiger partial charge on any atom is 0.697 e. The zero-order valence-electron chi connectivity index (χ0n) is 7.07. The highest BCUT2D eigenvalue weighted by Gasteiger charge is 2.16. The minimum absolute atomic E-state index is 0.302. The van der Waals surface area contributed by atoms with Crippen LogP contribution in [0.15, 0.2) is 28.7 Å². The highest BCUT2D eigenvalue weighted by Crippen LogP contribution is 2.24. The zero-order chi connectivity index (χ0) is 9.68. The Labute approximate surface area is 86.1 Å². The molecule has 1 rings (SSSR count). The van der Waals surface area contributed by atoms with Gasteiger partial charge in [-0.15, -0.1) is 9.05 Å². The molecule has 1 unspecified atom stereocenters. The Balaban J connectivity index is 2.46. The maximum atomic E-state index is 10.7. The number of benzene rings is 1. The van der Waals surface area contributed by atoms with Crippen LogP contribution in [0.25, 0.3) is 0 Å². The van der Waals surface area contributed by atoms with Crippen LogP contribution in [0.4, 0.5) is 0 Å². The summed E-state index contributed by atoms with van der Waals surface area (Å²) in [5, 5.41) is 0. The summed E-state index contributed by atoms with van der Waals surface area (Å²) in [6, 6.07) is 7.59. The molecule has 0 aliphatic carbocycles. The Morgan fingerprint density at radius 2 is 2.00 bits per heavy atom. The molecule has 1 aromatic carbocycles. The molecule has 5 heteroatoms. The van der Waals surface area contributed by atoms with Gasteiger partial charge in [0.2, 0.25) is 0 Å². The smallest absolute Gasteiger partial charge is 0.122 e. The molecule has 0 aliphatic rings.